The van der Waals surface area contributed by atoms with E-state index in [0.29, 0.717) is 18.7 Å². The van der Waals surface area contributed by atoms with Crippen molar-refractivity contribution < 1.29 is 9.53 Å². The molecule has 4 nitrogen and oxygen atoms in total. The highest BCUT2D eigenvalue weighted by atomic mass is 16.5. The minimum Gasteiger partial charge on any atom is -0.372 e. The number of hydrogen-bond donors (Lipinski definition) is 1. The van der Waals surface area contributed by atoms with E-state index in [2.05, 4.69) is 13.8 Å². The Hall–Kier alpha value is -0.610. The average Bonchev–Trinajstić information content (AvgIpc) is 2.37. The maximum absolute atomic E-state index is 12.2. The first-order valence-corrected chi connectivity index (χ1v) is 7.31. The Morgan fingerprint density at radius 2 is 1.89 bits per heavy atom. The number of carbonyl (C=O) groups excluding carboxylic acids is 1. The van der Waals surface area contributed by atoms with E-state index < -0.39 is 0 Å². The highest BCUT2D eigenvalue weighted by Gasteiger charge is 2.26. The van der Waals surface area contributed by atoms with Crippen LogP contribution in [0.15, 0.2) is 0 Å². The van der Waals surface area contributed by atoms with Crippen LogP contribution in [0.5, 0.6) is 0 Å². The number of hydrogen-bond acceptors (Lipinski definition) is 3. The van der Waals surface area contributed by atoms with Gasteiger partial charge in [-0.2, -0.15) is 0 Å². The Kier molecular flexibility index (Phi) is 7.28. The van der Waals surface area contributed by atoms with Gasteiger partial charge in [-0.25, -0.2) is 0 Å². The van der Waals surface area contributed by atoms with E-state index in [-0.39, 0.29) is 12.5 Å². The third kappa shape index (κ3) is 4.94. The van der Waals surface area contributed by atoms with Crippen molar-refractivity contribution in [2.24, 2.45) is 5.73 Å². The van der Waals surface area contributed by atoms with Gasteiger partial charge < -0.3 is 15.4 Å². The Morgan fingerprint density at radius 1 is 1.22 bits per heavy atom. The molecule has 0 unspecified atom stereocenters. The molecule has 1 aliphatic carbocycles. The van der Waals surface area contributed by atoms with Crippen LogP contribution in [-0.4, -0.2) is 42.6 Å². The van der Waals surface area contributed by atoms with Crippen molar-refractivity contribution in [2.75, 3.05) is 19.8 Å². The fourth-order valence-corrected chi connectivity index (χ4v) is 2.55. The molecule has 1 amide bonds. The van der Waals surface area contributed by atoms with E-state index in [1.54, 1.807) is 0 Å². The van der Waals surface area contributed by atoms with E-state index in [4.69, 9.17) is 10.5 Å². The van der Waals surface area contributed by atoms with Crippen molar-refractivity contribution in [1.29, 1.82) is 0 Å². The van der Waals surface area contributed by atoms with E-state index in [9.17, 15) is 4.79 Å². The molecule has 0 aliphatic heterocycles. The van der Waals surface area contributed by atoms with E-state index >= 15 is 0 Å². The summed E-state index contributed by atoms with van der Waals surface area (Å²) in [4.78, 5) is 14.2. The van der Waals surface area contributed by atoms with Crippen LogP contribution in [0.25, 0.3) is 0 Å². The summed E-state index contributed by atoms with van der Waals surface area (Å²) in [6.45, 7) is 5.91. The quantitative estimate of drug-likeness (QED) is 0.708. The first-order chi connectivity index (χ1) is 8.69. The predicted octanol–water partition coefficient (Wildman–Crippen LogP) is 1.92. The zero-order chi connectivity index (χ0) is 13.4. The molecule has 0 heterocycles. The summed E-state index contributed by atoms with van der Waals surface area (Å²) in [5.41, 5.74) is 5.92. The van der Waals surface area contributed by atoms with Gasteiger partial charge in [0.05, 0.1) is 0 Å². The second kappa shape index (κ2) is 8.48. The number of rotatable bonds is 7. The maximum Gasteiger partial charge on any atom is 0.248 e. The molecule has 0 radical (unpaired) electrons. The fraction of sp³-hybridized carbons (Fsp3) is 0.929. The van der Waals surface area contributed by atoms with Crippen LogP contribution in [-0.2, 0) is 9.53 Å². The van der Waals surface area contributed by atoms with Crippen molar-refractivity contribution in [3.8, 4) is 0 Å². The first-order valence-electron chi connectivity index (χ1n) is 7.31. The van der Waals surface area contributed by atoms with Gasteiger partial charge in [0.1, 0.15) is 6.61 Å². The summed E-state index contributed by atoms with van der Waals surface area (Å²) >= 11 is 0. The summed E-state index contributed by atoms with van der Waals surface area (Å²) in [6.07, 6.45) is 6.12. The number of ether oxygens (including phenoxy) is 1. The second-order valence-electron chi connectivity index (χ2n) is 5.21. The summed E-state index contributed by atoms with van der Waals surface area (Å²) in [7, 11) is 0. The normalized spacial score (nSPS) is 23.9. The molecule has 18 heavy (non-hydrogen) atoms. The smallest absolute Gasteiger partial charge is 0.248 e. The first kappa shape index (κ1) is 15.4. The van der Waals surface area contributed by atoms with Gasteiger partial charge >= 0.3 is 0 Å². The Morgan fingerprint density at radius 3 is 2.44 bits per heavy atom. The minimum absolute atomic E-state index is 0.144. The molecule has 4 heteroatoms. The van der Waals surface area contributed by atoms with E-state index in [1.807, 2.05) is 4.90 Å². The van der Waals surface area contributed by atoms with Crippen LogP contribution in [0, 0.1) is 0 Å². The largest absolute Gasteiger partial charge is 0.372 e. The molecule has 1 fully saturated rings. The van der Waals surface area contributed by atoms with Crippen molar-refractivity contribution in [3.05, 3.63) is 0 Å². The molecule has 0 saturated heterocycles. The van der Waals surface area contributed by atoms with Crippen LogP contribution >= 0.6 is 0 Å². The van der Waals surface area contributed by atoms with Crippen molar-refractivity contribution in [3.63, 3.8) is 0 Å². The number of amides is 1. The molecular weight excluding hydrogens is 228 g/mol. The van der Waals surface area contributed by atoms with Gasteiger partial charge in [-0.05, 0) is 38.5 Å². The maximum atomic E-state index is 12.2. The van der Waals surface area contributed by atoms with Crippen LogP contribution in [0.3, 0.4) is 0 Å². The molecular formula is C14H28N2O2. The second-order valence-corrected chi connectivity index (χ2v) is 5.21. The van der Waals surface area contributed by atoms with Crippen LogP contribution in [0.1, 0.15) is 52.4 Å². The monoisotopic (exact) mass is 256 g/mol. The SMILES string of the molecule is CCCOCC(=O)N(CCC)C1CCC(N)CC1. The Balaban J connectivity index is 2.44. The minimum atomic E-state index is 0.144. The third-order valence-electron chi connectivity index (χ3n) is 3.54. The summed E-state index contributed by atoms with van der Waals surface area (Å²) in [6, 6.07) is 0.707. The zero-order valence-electron chi connectivity index (χ0n) is 11.9. The van der Waals surface area contributed by atoms with Crippen molar-refractivity contribution >= 4 is 5.91 Å². The lowest BCUT2D eigenvalue weighted by molar-refractivity contribution is -0.139. The van der Waals surface area contributed by atoms with E-state index in [0.717, 1.165) is 45.1 Å². The highest BCUT2D eigenvalue weighted by molar-refractivity contribution is 5.77. The fourth-order valence-electron chi connectivity index (χ4n) is 2.55. The van der Waals surface area contributed by atoms with Crippen molar-refractivity contribution in [2.45, 2.75) is 64.5 Å². The lowest BCUT2D eigenvalue weighted by atomic mass is 9.90. The molecule has 0 aromatic heterocycles. The van der Waals surface area contributed by atoms with E-state index in [1.165, 1.54) is 0 Å². The molecule has 1 saturated carbocycles. The van der Waals surface area contributed by atoms with Gasteiger partial charge in [-0.1, -0.05) is 13.8 Å². The molecule has 0 aromatic rings. The molecule has 1 rings (SSSR count). The average molecular weight is 256 g/mol. The molecule has 0 atom stereocenters. The molecule has 0 spiro atoms. The van der Waals surface area contributed by atoms with Gasteiger partial charge in [0.2, 0.25) is 5.91 Å². The lowest BCUT2D eigenvalue weighted by Gasteiger charge is -2.36. The van der Waals surface area contributed by atoms with Crippen molar-refractivity contribution in [1.82, 2.24) is 4.90 Å². The van der Waals surface area contributed by atoms with Crippen LogP contribution < -0.4 is 5.73 Å². The highest BCUT2D eigenvalue weighted by Crippen LogP contribution is 2.22. The number of carbonyl (C=O) groups is 1. The number of nitrogens with zero attached hydrogens (tertiary/aromatic N) is 1. The third-order valence-corrected chi connectivity index (χ3v) is 3.54. The lowest BCUT2D eigenvalue weighted by Crippen LogP contribution is -2.46. The van der Waals surface area contributed by atoms with Gasteiger partial charge in [0.25, 0.3) is 0 Å². The Bertz CT molecular complexity index is 238. The predicted molar refractivity (Wildman–Crippen MR) is 73.3 cm³/mol. The van der Waals surface area contributed by atoms with Gasteiger partial charge in [-0.15, -0.1) is 0 Å². The topological polar surface area (TPSA) is 55.6 Å². The summed E-state index contributed by atoms with van der Waals surface area (Å²) < 4.78 is 5.37. The van der Waals surface area contributed by atoms with Gasteiger partial charge in [0, 0.05) is 25.2 Å². The standard InChI is InChI=1S/C14H28N2O2/c1-3-9-16(14(17)11-18-10-4-2)13-7-5-12(15)6-8-13/h12-13H,3-11,15H2,1-2H3. The number of nitrogens with two attached hydrogens (primary N) is 1. The van der Waals surface area contributed by atoms with Gasteiger partial charge in [-0.3, -0.25) is 4.79 Å². The summed E-state index contributed by atoms with van der Waals surface area (Å²) in [5.74, 6) is 0.144. The van der Waals surface area contributed by atoms with Crippen LogP contribution in [0.4, 0.5) is 0 Å². The molecule has 106 valence electrons. The van der Waals surface area contributed by atoms with Crippen LogP contribution in [0.2, 0.25) is 0 Å². The summed E-state index contributed by atoms with van der Waals surface area (Å²) in [5, 5.41) is 0. The Labute approximate surface area is 111 Å². The molecule has 2 N–H and O–H groups in total. The van der Waals surface area contributed by atoms with Gasteiger partial charge in [0.15, 0.2) is 0 Å². The zero-order valence-corrected chi connectivity index (χ0v) is 11.9. The molecule has 0 aromatic carbocycles. The molecule has 1 aliphatic rings. The molecule has 0 bridgehead atoms.